The number of aromatic hydroxyl groups is 1. The van der Waals surface area contributed by atoms with Gasteiger partial charge in [0.25, 0.3) is 0 Å². The van der Waals surface area contributed by atoms with Gasteiger partial charge in [-0.05, 0) is 56.8 Å². The summed E-state index contributed by atoms with van der Waals surface area (Å²) < 4.78 is 0. The molecule has 0 amide bonds. The Morgan fingerprint density at radius 3 is 2.55 bits per heavy atom. The van der Waals surface area contributed by atoms with Crippen LogP contribution in [0.15, 0.2) is 18.2 Å². The molecule has 0 radical (unpaired) electrons. The predicted molar refractivity (Wildman–Crippen MR) is 96.7 cm³/mol. The van der Waals surface area contributed by atoms with E-state index in [4.69, 9.17) is 0 Å². The normalized spacial score (nSPS) is 16.7. The van der Waals surface area contributed by atoms with Gasteiger partial charge in [-0.15, -0.1) is 0 Å². The van der Waals surface area contributed by atoms with Gasteiger partial charge in [-0.2, -0.15) is 0 Å². The monoisotopic (exact) mass is 304 g/mol. The molecule has 0 bridgehead atoms. The van der Waals surface area contributed by atoms with Crippen LogP contribution in [0.3, 0.4) is 0 Å². The molecule has 3 rings (SSSR count). The van der Waals surface area contributed by atoms with Gasteiger partial charge in [-0.1, -0.05) is 33.8 Å². The Bertz CT molecular complexity index is 554. The number of H-pyrrole nitrogens is 1. The van der Waals surface area contributed by atoms with Gasteiger partial charge in [0, 0.05) is 22.6 Å². The Balaban J connectivity index is 0.000000561. The molecule has 1 fully saturated rings. The first-order valence-electron chi connectivity index (χ1n) is 8.78. The van der Waals surface area contributed by atoms with Crippen molar-refractivity contribution in [3.05, 3.63) is 29.5 Å². The van der Waals surface area contributed by atoms with E-state index in [0.29, 0.717) is 11.8 Å². The van der Waals surface area contributed by atoms with Gasteiger partial charge in [0.05, 0.1) is 0 Å². The van der Waals surface area contributed by atoms with Crippen LogP contribution < -0.4 is 5.32 Å². The molecule has 1 saturated heterocycles. The van der Waals surface area contributed by atoms with Gasteiger partial charge < -0.3 is 15.4 Å². The Kier molecular flexibility index (Phi) is 8.03. The van der Waals surface area contributed by atoms with Gasteiger partial charge in [-0.3, -0.25) is 0 Å². The Morgan fingerprint density at radius 2 is 1.91 bits per heavy atom. The van der Waals surface area contributed by atoms with Crippen molar-refractivity contribution in [2.45, 2.75) is 66.3 Å². The third-order valence-electron chi connectivity index (χ3n) is 4.02. The standard InChI is InChI=1S/C15H20N2O.2C2H6/c1-10-12(8-7-11-4-3-9-16-11)15-13(17-10)5-2-6-14(15)18;2*1-2/h2,5-6,11,16-18H,3-4,7-9H2,1H3;2*1-2H3/t11-;;/m1../s1. The molecule has 3 heteroatoms. The molecule has 1 aliphatic heterocycles. The van der Waals surface area contributed by atoms with Crippen LogP contribution in [0.25, 0.3) is 10.9 Å². The molecule has 0 aliphatic carbocycles. The zero-order valence-corrected chi connectivity index (χ0v) is 14.8. The van der Waals surface area contributed by atoms with Crippen molar-refractivity contribution in [3.8, 4) is 5.75 Å². The predicted octanol–water partition coefficient (Wildman–Crippen LogP) is 4.92. The first kappa shape index (κ1) is 18.6. The SMILES string of the molecule is CC.CC.Cc1[nH]c2cccc(O)c2c1CC[C@H]1CCCN1. The zero-order valence-electron chi connectivity index (χ0n) is 14.8. The van der Waals surface area contributed by atoms with Gasteiger partial charge >= 0.3 is 0 Å². The lowest BCUT2D eigenvalue weighted by Gasteiger charge is -2.10. The number of nitrogens with one attached hydrogen (secondary N) is 2. The van der Waals surface area contributed by atoms with Gasteiger partial charge in [0.15, 0.2) is 0 Å². The number of aromatic nitrogens is 1. The van der Waals surface area contributed by atoms with Crippen molar-refractivity contribution in [3.63, 3.8) is 0 Å². The molecular formula is C19H32N2O. The van der Waals surface area contributed by atoms with E-state index in [9.17, 15) is 5.11 Å². The summed E-state index contributed by atoms with van der Waals surface area (Å²) in [6, 6.07) is 6.34. The summed E-state index contributed by atoms with van der Waals surface area (Å²) in [6.45, 7) is 11.2. The second-order valence-corrected chi connectivity index (χ2v) is 5.26. The van der Waals surface area contributed by atoms with E-state index in [1.807, 2.05) is 39.8 Å². The van der Waals surface area contributed by atoms with Crippen molar-refractivity contribution < 1.29 is 5.11 Å². The van der Waals surface area contributed by atoms with Crippen molar-refractivity contribution in [1.29, 1.82) is 0 Å². The Hall–Kier alpha value is -1.48. The van der Waals surface area contributed by atoms with E-state index in [0.717, 1.165) is 30.3 Å². The molecule has 2 heterocycles. The number of hydrogen-bond donors (Lipinski definition) is 3. The van der Waals surface area contributed by atoms with E-state index in [-0.39, 0.29) is 0 Å². The number of aromatic amines is 1. The van der Waals surface area contributed by atoms with Gasteiger partial charge in [0.1, 0.15) is 5.75 Å². The summed E-state index contributed by atoms with van der Waals surface area (Å²) in [5, 5.41) is 14.6. The number of aryl methyl sites for hydroxylation is 2. The number of fused-ring (bicyclic) bond motifs is 1. The van der Waals surface area contributed by atoms with Crippen molar-refractivity contribution in [1.82, 2.24) is 10.3 Å². The number of rotatable bonds is 3. The third kappa shape index (κ3) is 4.26. The summed E-state index contributed by atoms with van der Waals surface area (Å²) in [7, 11) is 0. The van der Waals surface area contributed by atoms with E-state index in [2.05, 4.69) is 17.2 Å². The highest BCUT2D eigenvalue weighted by atomic mass is 16.3. The summed E-state index contributed by atoms with van der Waals surface area (Å²) >= 11 is 0. The molecule has 22 heavy (non-hydrogen) atoms. The molecule has 2 aromatic rings. The van der Waals surface area contributed by atoms with Gasteiger partial charge in [0.2, 0.25) is 0 Å². The first-order chi connectivity index (χ1) is 10.8. The lowest BCUT2D eigenvalue weighted by molar-refractivity contribution is 0.481. The maximum Gasteiger partial charge on any atom is 0.125 e. The fourth-order valence-electron chi connectivity index (χ4n) is 3.06. The smallest absolute Gasteiger partial charge is 0.125 e. The molecule has 124 valence electrons. The maximum atomic E-state index is 10.0. The molecule has 1 aromatic carbocycles. The summed E-state index contributed by atoms with van der Waals surface area (Å²) in [5.74, 6) is 0.395. The third-order valence-corrected chi connectivity index (χ3v) is 4.02. The average molecular weight is 304 g/mol. The molecule has 1 aromatic heterocycles. The Morgan fingerprint density at radius 1 is 1.18 bits per heavy atom. The second kappa shape index (κ2) is 9.52. The van der Waals surface area contributed by atoms with Crippen molar-refractivity contribution >= 4 is 10.9 Å². The molecule has 3 nitrogen and oxygen atoms in total. The average Bonchev–Trinajstić information content (AvgIpc) is 3.17. The van der Waals surface area contributed by atoms with Crippen molar-refractivity contribution in [2.75, 3.05) is 6.54 Å². The lowest BCUT2D eigenvalue weighted by Crippen LogP contribution is -2.21. The van der Waals surface area contributed by atoms with Crippen LogP contribution in [0, 0.1) is 6.92 Å². The highest BCUT2D eigenvalue weighted by Gasteiger charge is 2.17. The number of benzene rings is 1. The van der Waals surface area contributed by atoms with Crippen LogP contribution >= 0.6 is 0 Å². The van der Waals surface area contributed by atoms with Crippen LogP contribution in [0.5, 0.6) is 5.75 Å². The zero-order chi connectivity index (χ0) is 16.5. The van der Waals surface area contributed by atoms with Gasteiger partial charge in [-0.25, -0.2) is 0 Å². The van der Waals surface area contributed by atoms with E-state index < -0.39 is 0 Å². The van der Waals surface area contributed by atoms with E-state index in [1.165, 1.54) is 24.1 Å². The molecule has 0 saturated carbocycles. The first-order valence-corrected chi connectivity index (χ1v) is 8.78. The summed E-state index contributed by atoms with van der Waals surface area (Å²) in [5.41, 5.74) is 3.50. The minimum Gasteiger partial charge on any atom is -0.507 e. The Labute approximate surface area is 135 Å². The highest BCUT2D eigenvalue weighted by molar-refractivity contribution is 5.90. The molecule has 1 atom stereocenters. The van der Waals surface area contributed by atoms with Crippen molar-refractivity contribution in [2.24, 2.45) is 0 Å². The molecule has 0 spiro atoms. The van der Waals surface area contributed by atoms with Crippen LogP contribution in [-0.4, -0.2) is 22.7 Å². The topological polar surface area (TPSA) is 48.0 Å². The number of hydrogen-bond acceptors (Lipinski definition) is 2. The summed E-state index contributed by atoms with van der Waals surface area (Å²) in [6.07, 6.45) is 4.76. The van der Waals surface area contributed by atoms with E-state index in [1.54, 1.807) is 6.07 Å². The minimum atomic E-state index is 0.395. The summed E-state index contributed by atoms with van der Waals surface area (Å²) in [4.78, 5) is 3.36. The largest absolute Gasteiger partial charge is 0.507 e. The van der Waals surface area contributed by atoms with Crippen LogP contribution in [0.2, 0.25) is 0 Å². The second-order valence-electron chi connectivity index (χ2n) is 5.26. The maximum absolute atomic E-state index is 10.0. The fourth-order valence-corrected chi connectivity index (χ4v) is 3.06. The molecule has 0 unspecified atom stereocenters. The number of phenols is 1. The quantitative estimate of drug-likeness (QED) is 0.754. The molecule has 3 N–H and O–H groups in total. The molecule has 1 aliphatic rings. The van der Waals surface area contributed by atoms with E-state index >= 15 is 0 Å². The lowest BCUT2D eigenvalue weighted by atomic mass is 10.0. The highest BCUT2D eigenvalue weighted by Crippen LogP contribution is 2.31. The number of phenolic OH excluding ortho intramolecular Hbond substituents is 1. The van der Waals surface area contributed by atoms with Crippen LogP contribution in [0.1, 0.15) is 58.2 Å². The fraction of sp³-hybridized carbons (Fsp3) is 0.579. The minimum absolute atomic E-state index is 0.395. The molecular weight excluding hydrogens is 272 g/mol. The van der Waals surface area contributed by atoms with Crippen LogP contribution in [0.4, 0.5) is 0 Å². The van der Waals surface area contributed by atoms with Crippen LogP contribution in [-0.2, 0) is 6.42 Å².